The van der Waals surface area contributed by atoms with E-state index < -0.39 is 0 Å². The van der Waals surface area contributed by atoms with Crippen LogP contribution in [0, 0.1) is 5.82 Å². The highest BCUT2D eigenvalue weighted by Crippen LogP contribution is 2.20. The van der Waals surface area contributed by atoms with Crippen LogP contribution >= 0.6 is 0 Å². The molecular weight excluding hydrogens is 215 g/mol. The molecule has 1 saturated heterocycles. The van der Waals surface area contributed by atoms with Crippen LogP contribution in [0.2, 0.25) is 0 Å². The van der Waals surface area contributed by atoms with Crippen LogP contribution in [0.5, 0.6) is 0 Å². The van der Waals surface area contributed by atoms with Crippen LogP contribution in [0.15, 0.2) is 24.3 Å². The maximum Gasteiger partial charge on any atom is 0.123 e. The smallest absolute Gasteiger partial charge is 0.123 e. The Hall–Kier alpha value is -0.930. The highest BCUT2D eigenvalue weighted by molar-refractivity contribution is 5.19. The van der Waals surface area contributed by atoms with Crippen molar-refractivity contribution in [3.05, 3.63) is 35.6 Å². The van der Waals surface area contributed by atoms with E-state index in [4.69, 9.17) is 5.73 Å². The van der Waals surface area contributed by atoms with Crippen molar-refractivity contribution in [1.82, 2.24) is 4.90 Å². The van der Waals surface area contributed by atoms with Gasteiger partial charge in [0.25, 0.3) is 0 Å². The molecule has 3 heteroatoms. The molecule has 1 heterocycles. The Kier molecular flexibility index (Phi) is 4.13. The average Bonchev–Trinajstić information content (AvgIpc) is 2.72. The standard InChI is InChI=1S/C14H21FN2/c1-11-4-3-8-17(11)9-7-14(16)12-5-2-6-13(15)10-12/h2,5-6,10-11,14H,3-4,7-9,16H2,1H3. The summed E-state index contributed by atoms with van der Waals surface area (Å²) in [6, 6.07) is 7.24. The van der Waals surface area contributed by atoms with Gasteiger partial charge in [-0.3, -0.25) is 0 Å². The lowest BCUT2D eigenvalue weighted by atomic mass is 10.0. The Bertz CT molecular complexity index is 367. The molecule has 2 atom stereocenters. The molecule has 0 radical (unpaired) electrons. The summed E-state index contributed by atoms with van der Waals surface area (Å²) in [7, 11) is 0. The van der Waals surface area contributed by atoms with Gasteiger partial charge in [-0.2, -0.15) is 0 Å². The third-order valence-electron chi connectivity index (χ3n) is 3.69. The minimum atomic E-state index is -0.201. The lowest BCUT2D eigenvalue weighted by Gasteiger charge is -2.23. The fraction of sp³-hybridized carbons (Fsp3) is 0.571. The van der Waals surface area contributed by atoms with Gasteiger partial charge in [0.05, 0.1) is 0 Å². The molecule has 0 aliphatic carbocycles. The van der Waals surface area contributed by atoms with Crippen LogP contribution in [-0.4, -0.2) is 24.0 Å². The SMILES string of the molecule is CC1CCCN1CCC(N)c1cccc(F)c1. The number of halogens is 1. The zero-order valence-corrected chi connectivity index (χ0v) is 10.4. The Labute approximate surface area is 103 Å². The molecular formula is C14H21FN2. The third-order valence-corrected chi connectivity index (χ3v) is 3.69. The van der Waals surface area contributed by atoms with Crippen molar-refractivity contribution in [2.75, 3.05) is 13.1 Å². The molecule has 2 nitrogen and oxygen atoms in total. The summed E-state index contributed by atoms with van der Waals surface area (Å²) in [4.78, 5) is 2.47. The Balaban J connectivity index is 1.86. The number of hydrogen-bond donors (Lipinski definition) is 1. The quantitative estimate of drug-likeness (QED) is 0.871. The molecule has 1 fully saturated rings. The molecule has 1 aliphatic heterocycles. The molecule has 0 spiro atoms. The zero-order valence-electron chi connectivity index (χ0n) is 10.4. The van der Waals surface area contributed by atoms with Crippen molar-refractivity contribution in [3.63, 3.8) is 0 Å². The minimum Gasteiger partial charge on any atom is -0.324 e. The maximum absolute atomic E-state index is 13.1. The van der Waals surface area contributed by atoms with Gasteiger partial charge >= 0.3 is 0 Å². The summed E-state index contributed by atoms with van der Waals surface area (Å²) in [5, 5.41) is 0. The number of hydrogen-bond acceptors (Lipinski definition) is 2. The molecule has 2 N–H and O–H groups in total. The lowest BCUT2D eigenvalue weighted by Crippen LogP contribution is -2.30. The molecule has 17 heavy (non-hydrogen) atoms. The van der Waals surface area contributed by atoms with E-state index in [9.17, 15) is 4.39 Å². The van der Waals surface area contributed by atoms with E-state index >= 15 is 0 Å². The van der Waals surface area contributed by atoms with Crippen LogP contribution < -0.4 is 5.73 Å². The number of rotatable bonds is 4. The first-order valence-electron chi connectivity index (χ1n) is 6.42. The van der Waals surface area contributed by atoms with Crippen LogP contribution in [0.1, 0.15) is 37.8 Å². The predicted molar refractivity (Wildman–Crippen MR) is 68.2 cm³/mol. The van der Waals surface area contributed by atoms with Crippen LogP contribution in [0.3, 0.4) is 0 Å². The molecule has 1 aliphatic rings. The Morgan fingerprint density at radius 2 is 2.35 bits per heavy atom. The first kappa shape index (κ1) is 12.5. The highest BCUT2D eigenvalue weighted by atomic mass is 19.1. The van der Waals surface area contributed by atoms with Gasteiger partial charge in [0.15, 0.2) is 0 Å². The zero-order chi connectivity index (χ0) is 12.3. The van der Waals surface area contributed by atoms with Crippen molar-refractivity contribution in [1.29, 1.82) is 0 Å². The first-order chi connectivity index (χ1) is 8.16. The Morgan fingerprint density at radius 3 is 3.00 bits per heavy atom. The van der Waals surface area contributed by atoms with Crippen molar-refractivity contribution in [3.8, 4) is 0 Å². The number of benzene rings is 1. The van der Waals surface area contributed by atoms with Crippen molar-refractivity contribution < 1.29 is 4.39 Å². The third kappa shape index (κ3) is 3.27. The molecule has 0 saturated carbocycles. The van der Waals surface area contributed by atoms with Gasteiger partial charge in [-0.05, 0) is 50.4 Å². The fourth-order valence-electron chi connectivity index (χ4n) is 2.53. The van der Waals surface area contributed by atoms with Crippen LogP contribution in [0.4, 0.5) is 4.39 Å². The number of likely N-dealkylation sites (tertiary alicyclic amines) is 1. The molecule has 1 aromatic carbocycles. The van der Waals surface area contributed by atoms with Crippen LogP contribution in [0.25, 0.3) is 0 Å². The van der Waals surface area contributed by atoms with E-state index in [-0.39, 0.29) is 11.9 Å². The van der Waals surface area contributed by atoms with E-state index in [1.54, 1.807) is 6.07 Å². The number of nitrogens with zero attached hydrogens (tertiary/aromatic N) is 1. The highest BCUT2D eigenvalue weighted by Gasteiger charge is 2.20. The molecule has 94 valence electrons. The van der Waals surface area contributed by atoms with Gasteiger partial charge in [0.1, 0.15) is 5.82 Å². The lowest BCUT2D eigenvalue weighted by molar-refractivity contribution is 0.258. The van der Waals surface area contributed by atoms with Crippen molar-refractivity contribution in [2.24, 2.45) is 5.73 Å². The molecule has 2 rings (SSSR count). The summed E-state index contributed by atoms with van der Waals surface area (Å²) in [5.41, 5.74) is 6.99. The van der Waals surface area contributed by atoms with Gasteiger partial charge in [0, 0.05) is 18.6 Å². The minimum absolute atomic E-state index is 0.0569. The van der Waals surface area contributed by atoms with Gasteiger partial charge in [0.2, 0.25) is 0 Å². The average molecular weight is 236 g/mol. The molecule has 0 aromatic heterocycles. The molecule has 0 amide bonds. The van der Waals surface area contributed by atoms with Gasteiger partial charge in [-0.1, -0.05) is 12.1 Å². The topological polar surface area (TPSA) is 29.3 Å². The maximum atomic E-state index is 13.1. The van der Waals surface area contributed by atoms with Crippen molar-refractivity contribution in [2.45, 2.75) is 38.3 Å². The normalized spacial score (nSPS) is 22.9. The van der Waals surface area contributed by atoms with E-state index in [0.29, 0.717) is 6.04 Å². The second kappa shape index (κ2) is 5.61. The largest absolute Gasteiger partial charge is 0.324 e. The summed E-state index contributed by atoms with van der Waals surface area (Å²) in [5.74, 6) is -0.201. The second-order valence-corrected chi connectivity index (χ2v) is 4.98. The van der Waals surface area contributed by atoms with E-state index in [1.807, 2.05) is 6.07 Å². The molecule has 1 aromatic rings. The fourth-order valence-corrected chi connectivity index (χ4v) is 2.53. The summed E-state index contributed by atoms with van der Waals surface area (Å²) < 4.78 is 13.1. The van der Waals surface area contributed by atoms with Gasteiger partial charge in [-0.15, -0.1) is 0 Å². The summed E-state index contributed by atoms with van der Waals surface area (Å²) in [6.45, 7) is 4.45. The second-order valence-electron chi connectivity index (χ2n) is 4.98. The molecule has 2 unspecified atom stereocenters. The summed E-state index contributed by atoms with van der Waals surface area (Å²) >= 11 is 0. The van der Waals surface area contributed by atoms with E-state index in [1.165, 1.54) is 31.5 Å². The predicted octanol–water partition coefficient (Wildman–Crippen LogP) is 2.70. The number of nitrogens with two attached hydrogens (primary N) is 1. The van der Waals surface area contributed by atoms with E-state index in [0.717, 1.165) is 18.5 Å². The van der Waals surface area contributed by atoms with Gasteiger partial charge in [-0.25, -0.2) is 4.39 Å². The van der Waals surface area contributed by atoms with E-state index in [2.05, 4.69) is 11.8 Å². The van der Waals surface area contributed by atoms with Gasteiger partial charge < -0.3 is 10.6 Å². The molecule has 0 bridgehead atoms. The Morgan fingerprint density at radius 1 is 1.53 bits per heavy atom. The summed E-state index contributed by atoms with van der Waals surface area (Å²) in [6.07, 6.45) is 3.47. The van der Waals surface area contributed by atoms with Crippen LogP contribution in [-0.2, 0) is 0 Å². The van der Waals surface area contributed by atoms with Crippen molar-refractivity contribution >= 4 is 0 Å². The first-order valence-corrected chi connectivity index (χ1v) is 6.42. The monoisotopic (exact) mass is 236 g/mol.